The fourth-order valence-corrected chi connectivity index (χ4v) is 2.07. The number of benzene rings is 1. The van der Waals surface area contributed by atoms with Crippen molar-refractivity contribution in [2.45, 2.75) is 19.4 Å². The standard InChI is InChI=1S/C13H14F2N4/c14-9-3-10(16)13(17)12(15)11(9)8-4-18-19(6-8)5-7-1-2-7/h3-4,6-7H,1-2,5,16-17H2. The van der Waals surface area contributed by atoms with Gasteiger partial charge < -0.3 is 11.5 Å². The van der Waals surface area contributed by atoms with E-state index in [2.05, 4.69) is 5.10 Å². The Kier molecular flexibility index (Phi) is 2.66. The van der Waals surface area contributed by atoms with E-state index in [9.17, 15) is 8.78 Å². The van der Waals surface area contributed by atoms with Crippen LogP contribution in [-0.2, 0) is 6.54 Å². The van der Waals surface area contributed by atoms with Crippen LogP contribution in [0.5, 0.6) is 0 Å². The van der Waals surface area contributed by atoms with E-state index in [1.807, 2.05) is 0 Å². The number of nitrogens with zero attached hydrogens (tertiary/aromatic N) is 2. The Morgan fingerprint density at radius 1 is 1.32 bits per heavy atom. The molecule has 1 aromatic carbocycles. The van der Waals surface area contributed by atoms with Gasteiger partial charge in [-0.1, -0.05) is 0 Å². The van der Waals surface area contributed by atoms with Gasteiger partial charge in [-0.2, -0.15) is 5.10 Å². The predicted molar refractivity (Wildman–Crippen MR) is 69.1 cm³/mol. The van der Waals surface area contributed by atoms with Gasteiger partial charge in [-0.15, -0.1) is 0 Å². The Hall–Kier alpha value is -2.11. The van der Waals surface area contributed by atoms with Gasteiger partial charge in [0.2, 0.25) is 0 Å². The van der Waals surface area contributed by atoms with E-state index in [0.717, 1.165) is 12.6 Å². The van der Waals surface area contributed by atoms with Crippen LogP contribution in [-0.4, -0.2) is 9.78 Å². The molecule has 1 aliphatic rings. The van der Waals surface area contributed by atoms with E-state index >= 15 is 0 Å². The van der Waals surface area contributed by atoms with Crippen LogP contribution in [0.2, 0.25) is 0 Å². The Bertz CT molecular complexity index is 632. The van der Waals surface area contributed by atoms with Gasteiger partial charge in [0.25, 0.3) is 0 Å². The Labute approximate surface area is 109 Å². The molecule has 1 fully saturated rings. The highest BCUT2D eigenvalue weighted by Gasteiger charge is 2.23. The number of nitrogen functional groups attached to an aromatic ring is 2. The van der Waals surface area contributed by atoms with Crippen molar-refractivity contribution in [1.82, 2.24) is 9.78 Å². The summed E-state index contributed by atoms with van der Waals surface area (Å²) < 4.78 is 29.6. The zero-order valence-electron chi connectivity index (χ0n) is 10.2. The molecule has 3 rings (SSSR count). The maximum absolute atomic E-state index is 14.0. The summed E-state index contributed by atoms with van der Waals surface area (Å²) in [4.78, 5) is 0. The van der Waals surface area contributed by atoms with Crippen molar-refractivity contribution in [2.75, 3.05) is 11.5 Å². The maximum atomic E-state index is 14.0. The Morgan fingerprint density at radius 3 is 2.74 bits per heavy atom. The van der Waals surface area contributed by atoms with Crippen molar-refractivity contribution in [2.24, 2.45) is 5.92 Å². The van der Waals surface area contributed by atoms with Gasteiger partial charge in [-0.05, 0) is 24.8 Å². The molecule has 2 aromatic rings. The van der Waals surface area contributed by atoms with Gasteiger partial charge in [0.15, 0.2) is 5.82 Å². The number of nitrogens with two attached hydrogens (primary N) is 2. The molecule has 100 valence electrons. The molecular formula is C13H14F2N4. The molecule has 0 spiro atoms. The number of halogens is 2. The lowest BCUT2D eigenvalue weighted by Crippen LogP contribution is -2.02. The summed E-state index contributed by atoms with van der Waals surface area (Å²) in [7, 11) is 0. The largest absolute Gasteiger partial charge is 0.397 e. The second-order valence-corrected chi connectivity index (χ2v) is 4.94. The van der Waals surface area contributed by atoms with Crippen LogP contribution < -0.4 is 11.5 Å². The monoisotopic (exact) mass is 264 g/mol. The first-order valence-corrected chi connectivity index (χ1v) is 6.12. The summed E-state index contributed by atoms with van der Waals surface area (Å²) in [6.07, 6.45) is 5.45. The smallest absolute Gasteiger partial charge is 0.159 e. The molecule has 1 aliphatic carbocycles. The molecule has 1 aromatic heterocycles. The summed E-state index contributed by atoms with van der Waals surface area (Å²) in [6, 6.07) is 1.03. The molecule has 0 unspecified atom stereocenters. The second kappa shape index (κ2) is 4.22. The Balaban J connectivity index is 2.01. The van der Waals surface area contributed by atoms with Crippen molar-refractivity contribution in [3.8, 4) is 11.1 Å². The van der Waals surface area contributed by atoms with Gasteiger partial charge >= 0.3 is 0 Å². The van der Waals surface area contributed by atoms with E-state index in [1.54, 1.807) is 10.9 Å². The molecule has 0 aliphatic heterocycles. The fraction of sp³-hybridized carbons (Fsp3) is 0.308. The molecule has 0 bridgehead atoms. The molecular weight excluding hydrogens is 250 g/mol. The van der Waals surface area contributed by atoms with Crippen LogP contribution in [0.25, 0.3) is 11.1 Å². The van der Waals surface area contributed by atoms with Gasteiger partial charge in [0.05, 0.1) is 23.1 Å². The highest BCUT2D eigenvalue weighted by molar-refractivity contribution is 5.75. The van der Waals surface area contributed by atoms with Crippen LogP contribution in [0.1, 0.15) is 12.8 Å². The van der Waals surface area contributed by atoms with Crippen LogP contribution in [0.3, 0.4) is 0 Å². The fourth-order valence-electron chi connectivity index (χ4n) is 2.07. The average Bonchev–Trinajstić information content (AvgIpc) is 3.05. The van der Waals surface area contributed by atoms with Crippen LogP contribution in [0.15, 0.2) is 18.5 Å². The summed E-state index contributed by atoms with van der Waals surface area (Å²) in [5.41, 5.74) is 10.8. The topological polar surface area (TPSA) is 69.9 Å². The zero-order valence-corrected chi connectivity index (χ0v) is 10.2. The minimum atomic E-state index is -0.830. The SMILES string of the molecule is Nc1cc(F)c(-c2cnn(CC3CC3)c2)c(F)c1N. The summed E-state index contributed by atoms with van der Waals surface area (Å²) in [5.74, 6) is -0.919. The highest BCUT2D eigenvalue weighted by atomic mass is 19.1. The van der Waals surface area contributed by atoms with Crippen molar-refractivity contribution in [3.63, 3.8) is 0 Å². The lowest BCUT2D eigenvalue weighted by atomic mass is 10.1. The molecule has 19 heavy (non-hydrogen) atoms. The predicted octanol–water partition coefficient (Wildman–Crippen LogP) is 2.40. The second-order valence-electron chi connectivity index (χ2n) is 4.94. The maximum Gasteiger partial charge on any atom is 0.159 e. The zero-order chi connectivity index (χ0) is 13.6. The summed E-state index contributed by atoms with van der Waals surface area (Å²) in [5, 5.41) is 4.12. The highest BCUT2D eigenvalue weighted by Crippen LogP contribution is 2.34. The third-order valence-electron chi connectivity index (χ3n) is 3.35. The third kappa shape index (κ3) is 2.14. The van der Waals surface area contributed by atoms with Gasteiger partial charge in [-0.25, -0.2) is 8.78 Å². The quantitative estimate of drug-likeness (QED) is 0.836. The lowest BCUT2D eigenvalue weighted by Gasteiger charge is -2.07. The summed E-state index contributed by atoms with van der Waals surface area (Å²) >= 11 is 0. The van der Waals surface area contributed by atoms with Gasteiger partial charge in [0.1, 0.15) is 5.82 Å². The van der Waals surface area contributed by atoms with Gasteiger partial charge in [-0.3, -0.25) is 4.68 Å². The van der Waals surface area contributed by atoms with Crippen molar-refractivity contribution >= 4 is 11.4 Å². The first kappa shape index (κ1) is 12.0. The van der Waals surface area contributed by atoms with Gasteiger partial charge in [0, 0.05) is 18.3 Å². The van der Waals surface area contributed by atoms with E-state index in [4.69, 9.17) is 11.5 Å². The number of anilines is 2. The third-order valence-corrected chi connectivity index (χ3v) is 3.35. The molecule has 4 N–H and O–H groups in total. The van der Waals surface area contributed by atoms with Crippen LogP contribution in [0.4, 0.5) is 20.2 Å². The molecule has 1 heterocycles. The van der Waals surface area contributed by atoms with Crippen LogP contribution >= 0.6 is 0 Å². The van der Waals surface area contributed by atoms with Crippen LogP contribution in [0, 0.1) is 17.6 Å². The number of aromatic nitrogens is 2. The first-order chi connectivity index (χ1) is 9.06. The van der Waals surface area contributed by atoms with Crippen molar-refractivity contribution in [3.05, 3.63) is 30.1 Å². The normalized spacial score (nSPS) is 14.8. The number of hydrogen-bond donors (Lipinski definition) is 2. The molecule has 0 amide bonds. The van der Waals surface area contributed by atoms with E-state index in [1.165, 1.54) is 19.0 Å². The molecule has 0 atom stereocenters. The van der Waals surface area contributed by atoms with Crippen molar-refractivity contribution < 1.29 is 8.78 Å². The van der Waals surface area contributed by atoms with E-state index < -0.39 is 11.6 Å². The number of hydrogen-bond acceptors (Lipinski definition) is 3. The number of rotatable bonds is 3. The van der Waals surface area contributed by atoms with E-state index in [0.29, 0.717) is 11.5 Å². The minimum absolute atomic E-state index is 0.0934. The molecule has 4 nitrogen and oxygen atoms in total. The lowest BCUT2D eigenvalue weighted by molar-refractivity contribution is 0.563. The first-order valence-electron chi connectivity index (χ1n) is 6.12. The molecule has 1 saturated carbocycles. The summed E-state index contributed by atoms with van der Waals surface area (Å²) in [6.45, 7) is 0.785. The molecule has 6 heteroatoms. The Morgan fingerprint density at radius 2 is 2.05 bits per heavy atom. The molecule has 0 saturated heterocycles. The van der Waals surface area contributed by atoms with E-state index in [-0.39, 0.29) is 16.9 Å². The molecule has 0 radical (unpaired) electrons. The van der Waals surface area contributed by atoms with Crippen molar-refractivity contribution in [1.29, 1.82) is 0 Å². The minimum Gasteiger partial charge on any atom is -0.397 e. The average molecular weight is 264 g/mol.